The molecule has 22 heavy (non-hydrogen) atoms. The van der Waals surface area contributed by atoms with E-state index in [-0.39, 0.29) is 17.0 Å². The first-order chi connectivity index (χ1) is 10.4. The lowest BCUT2D eigenvalue weighted by atomic mass is 10.2. The number of nitrogens with zero attached hydrogens (tertiary/aromatic N) is 3. The first kappa shape index (κ1) is 16.2. The lowest BCUT2D eigenvalue weighted by Crippen LogP contribution is -2.23. The number of hydrogen-bond donors (Lipinski definition) is 1. The molecule has 7 nitrogen and oxygen atoms in total. The van der Waals surface area contributed by atoms with Crippen molar-refractivity contribution in [3.63, 3.8) is 0 Å². The summed E-state index contributed by atoms with van der Waals surface area (Å²) >= 11 is 0. The molecule has 2 aromatic rings. The molecule has 1 N–H and O–H groups in total. The number of aromatic nitrogens is 1. The first-order valence-corrected chi connectivity index (χ1v) is 7.97. The van der Waals surface area contributed by atoms with Gasteiger partial charge in [-0.25, -0.2) is 18.1 Å². The first-order valence-electron chi connectivity index (χ1n) is 6.48. The molecule has 0 saturated heterocycles. The zero-order valence-corrected chi connectivity index (χ0v) is 13.1. The Hall–Kier alpha value is -2.21. The largest absolute Gasteiger partial charge is 0.447 e. The van der Waals surface area contributed by atoms with Crippen molar-refractivity contribution in [2.45, 2.75) is 18.0 Å². The van der Waals surface area contributed by atoms with Crippen molar-refractivity contribution < 1.29 is 12.8 Å². The van der Waals surface area contributed by atoms with E-state index in [2.05, 4.69) is 9.71 Å². The van der Waals surface area contributed by atoms with Crippen molar-refractivity contribution in [1.29, 1.82) is 5.26 Å². The van der Waals surface area contributed by atoms with Gasteiger partial charge in [0.1, 0.15) is 6.26 Å². The second kappa shape index (κ2) is 6.70. The van der Waals surface area contributed by atoms with Crippen molar-refractivity contribution >= 4 is 10.0 Å². The number of sulfonamides is 1. The van der Waals surface area contributed by atoms with Gasteiger partial charge in [0.15, 0.2) is 0 Å². The van der Waals surface area contributed by atoms with Gasteiger partial charge in [0.25, 0.3) is 0 Å². The Morgan fingerprint density at radius 3 is 2.86 bits per heavy atom. The normalized spacial score (nSPS) is 11.5. The summed E-state index contributed by atoms with van der Waals surface area (Å²) in [6, 6.07) is 7.74. The van der Waals surface area contributed by atoms with Crippen LogP contribution in [0, 0.1) is 11.3 Å². The molecular formula is C14H16N4O3S. The molecule has 1 aromatic carbocycles. The van der Waals surface area contributed by atoms with Crippen LogP contribution in [-0.2, 0) is 23.1 Å². The third-order valence-corrected chi connectivity index (χ3v) is 4.17. The minimum absolute atomic E-state index is 0.0239. The summed E-state index contributed by atoms with van der Waals surface area (Å²) in [5.41, 5.74) is 0.787. The van der Waals surface area contributed by atoms with E-state index < -0.39 is 10.0 Å². The van der Waals surface area contributed by atoms with Gasteiger partial charge >= 0.3 is 0 Å². The predicted molar refractivity (Wildman–Crippen MR) is 79.1 cm³/mol. The molecule has 1 heterocycles. The van der Waals surface area contributed by atoms with Gasteiger partial charge in [-0.05, 0) is 32.3 Å². The van der Waals surface area contributed by atoms with Gasteiger partial charge < -0.3 is 9.32 Å². The van der Waals surface area contributed by atoms with E-state index in [9.17, 15) is 8.42 Å². The molecule has 0 radical (unpaired) electrons. The summed E-state index contributed by atoms with van der Waals surface area (Å²) in [5, 5.41) is 8.82. The maximum Gasteiger partial charge on any atom is 0.240 e. The molecule has 0 aliphatic heterocycles. The van der Waals surface area contributed by atoms with Crippen LogP contribution in [0.2, 0.25) is 0 Å². The summed E-state index contributed by atoms with van der Waals surface area (Å²) in [5.74, 6) is 0.519. The molecule has 116 valence electrons. The van der Waals surface area contributed by atoms with Crippen molar-refractivity contribution in [2.24, 2.45) is 0 Å². The Kier molecular flexibility index (Phi) is 4.92. The summed E-state index contributed by atoms with van der Waals surface area (Å²) in [6.45, 7) is 0.563. The quantitative estimate of drug-likeness (QED) is 0.855. The summed E-state index contributed by atoms with van der Waals surface area (Å²) in [7, 11) is 0.0693. The van der Waals surface area contributed by atoms with Gasteiger partial charge in [0, 0.05) is 0 Å². The topological polar surface area (TPSA) is 99.2 Å². The van der Waals surface area contributed by atoms with E-state index in [0.717, 1.165) is 0 Å². The molecule has 0 spiro atoms. The highest BCUT2D eigenvalue weighted by molar-refractivity contribution is 7.89. The van der Waals surface area contributed by atoms with Crippen LogP contribution in [0.1, 0.15) is 17.1 Å². The van der Waals surface area contributed by atoms with Crippen molar-refractivity contribution in [2.75, 3.05) is 14.1 Å². The fraction of sp³-hybridized carbons (Fsp3) is 0.286. The molecular weight excluding hydrogens is 304 g/mol. The minimum atomic E-state index is -3.70. The average Bonchev–Trinajstić information content (AvgIpc) is 2.92. The van der Waals surface area contributed by atoms with Crippen LogP contribution >= 0.6 is 0 Å². The fourth-order valence-corrected chi connectivity index (χ4v) is 2.80. The van der Waals surface area contributed by atoms with Crippen LogP contribution < -0.4 is 4.72 Å². The van der Waals surface area contributed by atoms with Crippen LogP contribution in [0.5, 0.6) is 0 Å². The Labute approximate surface area is 129 Å². The molecule has 0 amide bonds. The zero-order chi connectivity index (χ0) is 16.2. The zero-order valence-electron chi connectivity index (χ0n) is 12.3. The van der Waals surface area contributed by atoms with Gasteiger partial charge in [-0.3, -0.25) is 0 Å². The molecule has 0 unspecified atom stereocenters. The van der Waals surface area contributed by atoms with Gasteiger partial charge in [-0.1, -0.05) is 6.07 Å². The predicted octanol–water partition coefficient (Wildman–Crippen LogP) is 1.09. The molecule has 0 fully saturated rings. The van der Waals surface area contributed by atoms with Crippen molar-refractivity contribution in [1.82, 2.24) is 14.6 Å². The van der Waals surface area contributed by atoms with Crippen molar-refractivity contribution in [3.05, 3.63) is 47.7 Å². The van der Waals surface area contributed by atoms with Crippen LogP contribution in [0.3, 0.4) is 0 Å². The number of nitriles is 1. The monoisotopic (exact) mass is 320 g/mol. The molecule has 2 rings (SSSR count). The standard InChI is InChI=1S/C14H16N4O3S/c1-18(2)9-14-17-12(10-21-14)8-16-22(19,20)13-5-3-4-11(6-13)7-15/h3-6,10,16H,8-9H2,1-2H3. The third kappa shape index (κ3) is 4.14. The summed E-state index contributed by atoms with van der Waals surface area (Å²) < 4.78 is 32.0. The average molecular weight is 320 g/mol. The Morgan fingerprint density at radius 1 is 1.41 bits per heavy atom. The highest BCUT2D eigenvalue weighted by atomic mass is 32.2. The SMILES string of the molecule is CN(C)Cc1nc(CNS(=O)(=O)c2cccc(C#N)c2)co1. The lowest BCUT2D eigenvalue weighted by molar-refractivity contribution is 0.341. The Balaban J connectivity index is 2.06. The van der Waals surface area contributed by atoms with E-state index in [1.54, 1.807) is 6.07 Å². The van der Waals surface area contributed by atoms with Crippen LogP contribution in [0.4, 0.5) is 0 Å². The highest BCUT2D eigenvalue weighted by Gasteiger charge is 2.15. The molecule has 0 aliphatic rings. The smallest absolute Gasteiger partial charge is 0.240 e. The molecule has 8 heteroatoms. The second-order valence-corrected chi connectivity index (χ2v) is 6.70. The molecule has 0 bridgehead atoms. The molecule has 1 aromatic heterocycles. The van der Waals surface area contributed by atoms with E-state index in [0.29, 0.717) is 18.1 Å². The molecule has 0 saturated carbocycles. The number of rotatable bonds is 6. The van der Waals surface area contributed by atoms with E-state index >= 15 is 0 Å². The maximum absolute atomic E-state index is 12.2. The number of nitrogens with one attached hydrogen (secondary N) is 1. The Bertz CT molecular complexity index is 790. The van der Waals surface area contributed by atoms with E-state index in [1.807, 2.05) is 25.1 Å². The van der Waals surface area contributed by atoms with Gasteiger partial charge in [-0.2, -0.15) is 5.26 Å². The van der Waals surface area contributed by atoms with Crippen molar-refractivity contribution in [3.8, 4) is 6.07 Å². The summed E-state index contributed by atoms with van der Waals surface area (Å²) in [6.07, 6.45) is 1.42. The summed E-state index contributed by atoms with van der Waals surface area (Å²) in [4.78, 5) is 6.13. The number of hydrogen-bond acceptors (Lipinski definition) is 6. The minimum Gasteiger partial charge on any atom is -0.447 e. The number of benzene rings is 1. The number of oxazole rings is 1. The van der Waals surface area contributed by atoms with Crippen LogP contribution in [0.25, 0.3) is 0 Å². The Morgan fingerprint density at radius 2 is 2.18 bits per heavy atom. The van der Waals surface area contributed by atoms with Gasteiger partial charge in [-0.15, -0.1) is 0 Å². The lowest BCUT2D eigenvalue weighted by Gasteiger charge is -2.05. The maximum atomic E-state index is 12.2. The second-order valence-electron chi connectivity index (χ2n) is 4.93. The van der Waals surface area contributed by atoms with E-state index in [1.165, 1.54) is 24.5 Å². The third-order valence-electron chi connectivity index (χ3n) is 2.77. The fourth-order valence-electron chi connectivity index (χ4n) is 1.76. The van der Waals surface area contributed by atoms with Crippen LogP contribution in [0.15, 0.2) is 39.8 Å². The van der Waals surface area contributed by atoms with Crippen LogP contribution in [-0.4, -0.2) is 32.4 Å². The van der Waals surface area contributed by atoms with Gasteiger partial charge in [0.05, 0.1) is 35.3 Å². The highest BCUT2D eigenvalue weighted by Crippen LogP contribution is 2.12. The molecule has 0 atom stereocenters. The van der Waals surface area contributed by atoms with E-state index in [4.69, 9.17) is 9.68 Å². The van der Waals surface area contributed by atoms with Gasteiger partial charge in [0.2, 0.25) is 15.9 Å². The molecule has 0 aliphatic carbocycles.